The first-order valence-corrected chi connectivity index (χ1v) is 8.56. The summed E-state index contributed by atoms with van der Waals surface area (Å²) in [5, 5.41) is 9.23. The lowest BCUT2D eigenvalue weighted by Gasteiger charge is -2.32. The van der Waals surface area contributed by atoms with Crippen molar-refractivity contribution in [1.29, 1.82) is 5.26 Å². The summed E-state index contributed by atoms with van der Waals surface area (Å²) in [6, 6.07) is 10.8. The van der Waals surface area contributed by atoms with Crippen molar-refractivity contribution in [1.82, 2.24) is 4.90 Å². The van der Waals surface area contributed by atoms with Gasteiger partial charge in [0.1, 0.15) is 11.6 Å². The van der Waals surface area contributed by atoms with Crippen molar-refractivity contribution in [3.63, 3.8) is 0 Å². The normalized spacial score (nSPS) is 19.0. The lowest BCUT2D eigenvalue weighted by Crippen LogP contribution is -2.51. The number of hydrogen-bond acceptors (Lipinski definition) is 4. The van der Waals surface area contributed by atoms with E-state index in [9.17, 15) is 19.6 Å². The second-order valence-corrected chi connectivity index (χ2v) is 6.73. The standard InChI is InChI=1S/C20H20N2O3/c1-13-11-18(23)22(20(25)16(13)12-21)17(19(24)15-8-9-15)10-7-14-5-3-2-4-6-14/h2-6,15,17H,7-11H2,1H3. The summed E-state index contributed by atoms with van der Waals surface area (Å²) in [6.45, 7) is 1.62. The first-order valence-electron chi connectivity index (χ1n) is 8.56. The van der Waals surface area contributed by atoms with Crippen LogP contribution in [0.4, 0.5) is 0 Å². The fourth-order valence-electron chi connectivity index (χ4n) is 3.26. The zero-order chi connectivity index (χ0) is 18.0. The lowest BCUT2D eigenvalue weighted by molar-refractivity contribution is -0.150. The van der Waals surface area contributed by atoms with Crippen LogP contribution in [0, 0.1) is 17.2 Å². The summed E-state index contributed by atoms with van der Waals surface area (Å²) in [6.07, 6.45) is 2.66. The Morgan fingerprint density at radius 3 is 2.56 bits per heavy atom. The molecule has 1 aliphatic carbocycles. The molecule has 0 spiro atoms. The molecular formula is C20H20N2O3. The Labute approximate surface area is 146 Å². The number of aryl methyl sites for hydroxylation is 1. The van der Waals surface area contributed by atoms with Crippen LogP contribution in [-0.4, -0.2) is 28.5 Å². The third-order valence-corrected chi connectivity index (χ3v) is 4.83. The average Bonchev–Trinajstić information content (AvgIpc) is 3.43. The zero-order valence-corrected chi connectivity index (χ0v) is 14.2. The van der Waals surface area contributed by atoms with Crippen LogP contribution in [0.2, 0.25) is 0 Å². The number of hydrogen-bond donors (Lipinski definition) is 0. The average molecular weight is 336 g/mol. The van der Waals surface area contributed by atoms with Gasteiger partial charge in [-0.2, -0.15) is 5.26 Å². The van der Waals surface area contributed by atoms with Crippen molar-refractivity contribution < 1.29 is 14.4 Å². The van der Waals surface area contributed by atoms with E-state index in [0.717, 1.165) is 23.3 Å². The summed E-state index contributed by atoms with van der Waals surface area (Å²) < 4.78 is 0. The van der Waals surface area contributed by atoms with Crippen molar-refractivity contribution in [2.24, 2.45) is 5.92 Å². The molecule has 1 atom stereocenters. The van der Waals surface area contributed by atoms with Crippen molar-refractivity contribution in [3.05, 3.63) is 47.0 Å². The molecule has 1 unspecified atom stereocenters. The predicted molar refractivity (Wildman–Crippen MR) is 91.1 cm³/mol. The minimum atomic E-state index is -0.774. The smallest absolute Gasteiger partial charge is 0.271 e. The molecule has 3 rings (SSSR count). The van der Waals surface area contributed by atoms with Crippen LogP contribution in [0.3, 0.4) is 0 Å². The molecule has 25 heavy (non-hydrogen) atoms. The van der Waals surface area contributed by atoms with Crippen molar-refractivity contribution in [2.75, 3.05) is 0 Å². The molecule has 1 heterocycles. The highest BCUT2D eigenvalue weighted by Crippen LogP contribution is 2.34. The third kappa shape index (κ3) is 3.53. The first-order chi connectivity index (χ1) is 12.0. The summed E-state index contributed by atoms with van der Waals surface area (Å²) in [4.78, 5) is 38.9. The van der Waals surface area contributed by atoms with Gasteiger partial charge in [-0.3, -0.25) is 19.3 Å². The predicted octanol–water partition coefficient (Wildman–Crippen LogP) is 2.57. The van der Waals surface area contributed by atoms with Gasteiger partial charge in [0, 0.05) is 12.3 Å². The van der Waals surface area contributed by atoms with Crippen LogP contribution in [0.25, 0.3) is 0 Å². The number of amides is 2. The highest BCUT2D eigenvalue weighted by Gasteiger charge is 2.43. The second-order valence-electron chi connectivity index (χ2n) is 6.73. The molecule has 1 saturated carbocycles. The van der Waals surface area contributed by atoms with E-state index >= 15 is 0 Å². The molecule has 0 N–H and O–H groups in total. The molecule has 5 heteroatoms. The summed E-state index contributed by atoms with van der Waals surface area (Å²) in [5.74, 6) is -1.11. The molecule has 1 aromatic rings. The van der Waals surface area contributed by atoms with Crippen molar-refractivity contribution in [2.45, 2.75) is 45.1 Å². The van der Waals surface area contributed by atoms with Crippen LogP contribution in [-0.2, 0) is 20.8 Å². The number of carbonyl (C=O) groups is 3. The maximum absolute atomic E-state index is 12.7. The Hall–Kier alpha value is -2.74. The molecule has 1 aromatic carbocycles. The molecule has 5 nitrogen and oxygen atoms in total. The fraction of sp³-hybridized carbons (Fsp3) is 0.400. The number of rotatable bonds is 6. The van der Waals surface area contributed by atoms with Crippen LogP contribution in [0.1, 0.15) is 38.2 Å². The van der Waals surface area contributed by atoms with Gasteiger partial charge in [0.25, 0.3) is 5.91 Å². The quantitative estimate of drug-likeness (QED) is 0.748. The molecule has 0 aromatic heterocycles. The monoisotopic (exact) mass is 336 g/mol. The molecular weight excluding hydrogens is 316 g/mol. The molecule has 0 saturated heterocycles. The van der Waals surface area contributed by atoms with Gasteiger partial charge in [0.2, 0.25) is 5.91 Å². The number of ketones is 1. The van der Waals surface area contributed by atoms with E-state index in [2.05, 4.69) is 0 Å². The van der Waals surface area contributed by atoms with E-state index in [0.29, 0.717) is 18.4 Å². The van der Waals surface area contributed by atoms with Gasteiger partial charge < -0.3 is 0 Å². The third-order valence-electron chi connectivity index (χ3n) is 4.83. The molecule has 2 amide bonds. The van der Waals surface area contributed by atoms with E-state index in [1.165, 1.54) is 0 Å². The largest absolute Gasteiger partial charge is 0.297 e. The van der Waals surface area contributed by atoms with Gasteiger partial charge in [-0.1, -0.05) is 30.3 Å². The van der Waals surface area contributed by atoms with Gasteiger partial charge >= 0.3 is 0 Å². The van der Waals surface area contributed by atoms with Crippen LogP contribution in [0.15, 0.2) is 41.5 Å². The van der Waals surface area contributed by atoms with Gasteiger partial charge in [-0.15, -0.1) is 0 Å². The molecule has 0 radical (unpaired) electrons. The number of nitrogens with zero attached hydrogens (tertiary/aromatic N) is 2. The Balaban J connectivity index is 1.86. The van der Waals surface area contributed by atoms with Gasteiger partial charge in [-0.25, -0.2) is 0 Å². The number of Topliss-reactive ketones (excluding diaryl/α,β-unsaturated/α-hetero) is 1. The molecule has 1 aliphatic heterocycles. The first kappa shape index (κ1) is 17.1. The van der Waals surface area contributed by atoms with Crippen molar-refractivity contribution in [3.8, 4) is 6.07 Å². The summed E-state index contributed by atoms with van der Waals surface area (Å²) in [7, 11) is 0. The lowest BCUT2D eigenvalue weighted by atomic mass is 9.93. The van der Waals surface area contributed by atoms with Gasteiger partial charge in [-0.05, 0) is 43.7 Å². The molecule has 0 bridgehead atoms. The van der Waals surface area contributed by atoms with Gasteiger partial charge in [0.05, 0.1) is 6.04 Å². The minimum Gasteiger partial charge on any atom is -0.297 e. The number of carbonyl (C=O) groups excluding carboxylic acids is 3. The summed E-state index contributed by atoms with van der Waals surface area (Å²) >= 11 is 0. The van der Waals surface area contributed by atoms with E-state index in [1.54, 1.807) is 6.92 Å². The Morgan fingerprint density at radius 1 is 1.28 bits per heavy atom. The fourth-order valence-corrected chi connectivity index (χ4v) is 3.26. The highest BCUT2D eigenvalue weighted by molar-refractivity contribution is 6.13. The minimum absolute atomic E-state index is 0.00657. The van der Waals surface area contributed by atoms with E-state index in [4.69, 9.17) is 0 Å². The van der Waals surface area contributed by atoms with E-state index < -0.39 is 11.9 Å². The highest BCUT2D eigenvalue weighted by atomic mass is 16.2. The molecule has 1 fully saturated rings. The Morgan fingerprint density at radius 2 is 1.96 bits per heavy atom. The maximum atomic E-state index is 12.7. The van der Waals surface area contributed by atoms with Crippen LogP contribution in [0.5, 0.6) is 0 Å². The summed E-state index contributed by atoms with van der Waals surface area (Å²) in [5.41, 5.74) is 1.53. The van der Waals surface area contributed by atoms with E-state index in [-0.39, 0.29) is 29.6 Å². The molecule has 2 aliphatic rings. The van der Waals surface area contributed by atoms with Gasteiger partial charge in [0.15, 0.2) is 5.78 Å². The van der Waals surface area contributed by atoms with Crippen LogP contribution < -0.4 is 0 Å². The van der Waals surface area contributed by atoms with Crippen molar-refractivity contribution >= 4 is 17.6 Å². The number of imide groups is 1. The number of benzene rings is 1. The zero-order valence-electron chi connectivity index (χ0n) is 14.2. The number of nitriles is 1. The Kier molecular flexibility index (Phi) is 4.80. The topological polar surface area (TPSA) is 78.2 Å². The maximum Gasteiger partial charge on any atom is 0.271 e. The molecule has 128 valence electrons. The van der Waals surface area contributed by atoms with Crippen LogP contribution >= 0.6 is 0 Å². The Bertz CT molecular complexity index is 785. The SMILES string of the molecule is CC1=C(C#N)C(=O)N(C(CCc2ccccc2)C(=O)C2CC2)C(=O)C1. The second kappa shape index (κ2) is 7.02. The van der Waals surface area contributed by atoms with E-state index in [1.807, 2.05) is 36.4 Å².